The maximum absolute atomic E-state index is 12.4. The number of carbonyl (C=O) groups excluding carboxylic acids is 1. The zero-order valence-electron chi connectivity index (χ0n) is 7.00. The Morgan fingerprint density at radius 2 is 2.00 bits per heavy atom. The number of nitrogens with two attached hydrogens (primary N) is 1. The van der Waals surface area contributed by atoms with Gasteiger partial charge in [0, 0.05) is 0 Å². The Morgan fingerprint density at radius 3 is 2.54 bits per heavy atom. The van der Waals surface area contributed by atoms with E-state index in [0.717, 1.165) is 0 Å². The Labute approximate surface area is 75.3 Å². The van der Waals surface area contributed by atoms with Crippen LogP contribution >= 0.6 is 0 Å². The van der Waals surface area contributed by atoms with Gasteiger partial charge < -0.3 is 10.5 Å². The molecule has 1 aromatic rings. The third kappa shape index (κ3) is 3.55. The Balaban J connectivity index is 2.37. The van der Waals surface area contributed by atoms with Crippen molar-refractivity contribution < 1.29 is 13.9 Å². The molecule has 0 aliphatic heterocycles. The lowest BCUT2D eigenvalue weighted by molar-refractivity contribution is -0.118. The summed E-state index contributed by atoms with van der Waals surface area (Å²) in [4.78, 5) is 10.3. The van der Waals surface area contributed by atoms with Crippen molar-refractivity contribution in [1.29, 1.82) is 0 Å². The monoisotopic (exact) mass is 183 g/mol. The van der Waals surface area contributed by atoms with Gasteiger partial charge in [-0.05, 0) is 24.3 Å². The summed E-state index contributed by atoms with van der Waals surface area (Å²) in [7, 11) is 0. The lowest BCUT2D eigenvalue weighted by atomic mass is 10.3. The molecule has 1 rings (SSSR count). The molecule has 3 nitrogen and oxygen atoms in total. The average Bonchev–Trinajstić information content (AvgIpc) is 2.08. The molecule has 0 aromatic heterocycles. The Kier molecular flexibility index (Phi) is 3.25. The molecule has 0 unspecified atom stereocenters. The van der Waals surface area contributed by atoms with Crippen LogP contribution in [0.15, 0.2) is 24.3 Å². The van der Waals surface area contributed by atoms with Crippen molar-refractivity contribution in [3.8, 4) is 5.75 Å². The van der Waals surface area contributed by atoms with Crippen LogP contribution in [-0.2, 0) is 4.79 Å². The molecule has 13 heavy (non-hydrogen) atoms. The zero-order valence-corrected chi connectivity index (χ0v) is 7.00. The van der Waals surface area contributed by atoms with Gasteiger partial charge in [0.05, 0.1) is 13.0 Å². The van der Waals surface area contributed by atoms with E-state index in [1.54, 1.807) is 0 Å². The second-order valence-electron chi connectivity index (χ2n) is 2.52. The minimum absolute atomic E-state index is 0.164. The van der Waals surface area contributed by atoms with Crippen LogP contribution in [0.3, 0.4) is 0 Å². The molecule has 0 aliphatic rings. The van der Waals surface area contributed by atoms with Gasteiger partial charge in [0.15, 0.2) is 0 Å². The maximum Gasteiger partial charge on any atom is 0.220 e. The SMILES string of the molecule is NC(=O)CCOc1ccc(F)cc1. The number of rotatable bonds is 4. The molecule has 70 valence electrons. The van der Waals surface area contributed by atoms with Crippen LogP contribution < -0.4 is 10.5 Å². The number of amides is 1. The van der Waals surface area contributed by atoms with Crippen LogP contribution in [0, 0.1) is 5.82 Å². The first-order valence-corrected chi connectivity index (χ1v) is 3.85. The van der Waals surface area contributed by atoms with E-state index >= 15 is 0 Å². The minimum Gasteiger partial charge on any atom is -0.493 e. The predicted molar refractivity (Wildman–Crippen MR) is 45.7 cm³/mol. The standard InChI is InChI=1S/C9H10FNO2/c10-7-1-3-8(4-2-7)13-6-5-9(11)12/h1-4H,5-6H2,(H2,11,12). The van der Waals surface area contributed by atoms with Gasteiger partial charge in [0.1, 0.15) is 11.6 Å². The second kappa shape index (κ2) is 4.45. The minimum atomic E-state index is -0.415. The summed E-state index contributed by atoms with van der Waals surface area (Å²) in [5.74, 6) is -0.202. The number of benzene rings is 1. The summed E-state index contributed by atoms with van der Waals surface area (Å²) in [6, 6.07) is 5.58. The van der Waals surface area contributed by atoms with E-state index in [1.165, 1.54) is 24.3 Å². The third-order valence-electron chi connectivity index (χ3n) is 1.43. The maximum atomic E-state index is 12.4. The number of primary amides is 1. The van der Waals surface area contributed by atoms with Crippen LogP contribution in [0.4, 0.5) is 4.39 Å². The van der Waals surface area contributed by atoms with E-state index in [0.29, 0.717) is 5.75 Å². The van der Waals surface area contributed by atoms with Gasteiger partial charge in [-0.1, -0.05) is 0 Å². The molecule has 0 atom stereocenters. The summed E-state index contributed by atoms with van der Waals surface area (Å²) in [5, 5.41) is 0. The third-order valence-corrected chi connectivity index (χ3v) is 1.43. The summed E-state index contributed by atoms with van der Waals surface area (Å²) in [6.45, 7) is 0.223. The van der Waals surface area contributed by atoms with Crippen molar-refractivity contribution in [1.82, 2.24) is 0 Å². The van der Waals surface area contributed by atoms with Gasteiger partial charge in [-0.15, -0.1) is 0 Å². The van der Waals surface area contributed by atoms with Crippen molar-refractivity contribution in [2.24, 2.45) is 5.73 Å². The van der Waals surface area contributed by atoms with Gasteiger partial charge in [-0.3, -0.25) is 4.79 Å². The van der Waals surface area contributed by atoms with E-state index in [2.05, 4.69) is 0 Å². The first-order valence-electron chi connectivity index (χ1n) is 3.85. The summed E-state index contributed by atoms with van der Waals surface area (Å²) < 4.78 is 17.5. The van der Waals surface area contributed by atoms with Crippen molar-refractivity contribution in [2.75, 3.05) is 6.61 Å². The van der Waals surface area contributed by atoms with Gasteiger partial charge in [-0.2, -0.15) is 0 Å². The highest BCUT2D eigenvalue weighted by Gasteiger charge is 1.96. The van der Waals surface area contributed by atoms with Gasteiger partial charge in [0.25, 0.3) is 0 Å². The molecule has 0 bridgehead atoms. The highest BCUT2D eigenvalue weighted by molar-refractivity contribution is 5.73. The fourth-order valence-electron chi connectivity index (χ4n) is 0.800. The number of hydrogen-bond donors (Lipinski definition) is 1. The summed E-state index contributed by atoms with van der Waals surface area (Å²) in [6.07, 6.45) is 0.164. The van der Waals surface area contributed by atoms with E-state index in [1.807, 2.05) is 0 Å². The molecule has 1 amide bonds. The van der Waals surface area contributed by atoms with Crippen molar-refractivity contribution in [3.63, 3.8) is 0 Å². The highest BCUT2D eigenvalue weighted by atomic mass is 19.1. The molecule has 0 saturated carbocycles. The lowest BCUT2D eigenvalue weighted by Gasteiger charge is -2.03. The van der Waals surface area contributed by atoms with Crippen LogP contribution in [-0.4, -0.2) is 12.5 Å². The lowest BCUT2D eigenvalue weighted by Crippen LogP contribution is -2.14. The van der Waals surface area contributed by atoms with Crippen LogP contribution in [0.5, 0.6) is 5.75 Å². The average molecular weight is 183 g/mol. The molecule has 2 N–H and O–H groups in total. The molecule has 0 fully saturated rings. The van der Waals surface area contributed by atoms with Gasteiger partial charge in [0.2, 0.25) is 5.91 Å². The Hall–Kier alpha value is -1.58. The van der Waals surface area contributed by atoms with Crippen LogP contribution in [0.1, 0.15) is 6.42 Å². The molecule has 1 aromatic carbocycles. The number of carbonyl (C=O) groups is 1. The Morgan fingerprint density at radius 1 is 1.38 bits per heavy atom. The predicted octanol–water partition coefficient (Wildman–Crippen LogP) is 1.08. The highest BCUT2D eigenvalue weighted by Crippen LogP contribution is 2.10. The molecule has 0 spiro atoms. The topological polar surface area (TPSA) is 52.3 Å². The fraction of sp³-hybridized carbons (Fsp3) is 0.222. The van der Waals surface area contributed by atoms with Crippen LogP contribution in [0.25, 0.3) is 0 Å². The smallest absolute Gasteiger partial charge is 0.220 e. The zero-order chi connectivity index (χ0) is 9.68. The van der Waals surface area contributed by atoms with Crippen molar-refractivity contribution in [2.45, 2.75) is 6.42 Å². The van der Waals surface area contributed by atoms with Crippen molar-refractivity contribution in [3.05, 3.63) is 30.1 Å². The van der Waals surface area contributed by atoms with E-state index in [9.17, 15) is 9.18 Å². The molecule has 0 heterocycles. The normalized spacial score (nSPS) is 9.62. The van der Waals surface area contributed by atoms with E-state index in [-0.39, 0.29) is 18.8 Å². The number of halogens is 1. The number of ether oxygens (including phenoxy) is 1. The first-order chi connectivity index (χ1) is 6.18. The molecular formula is C9H10FNO2. The fourth-order valence-corrected chi connectivity index (χ4v) is 0.800. The summed E-state index contributed by atoms with van der Waals surface area (Å²) >= 11 is 0. The first kappa shape index (κ1) is 9.51. The molecule has 0 saturated heterocycles. The number of hydrogen-bond acceptors (Lipinski definition) is 2. The second-order valence-corrected chi connectivity index (χ2v) is 2.52. The van der Waals surface area contributed by atoms with Crippen molar-refractivity contribution >= 4 is 5.91 Å². The molecule has 0 aliphatic carbocycles. The molecular weight excluding hydrogens is 173 g/mol. The van der Waals surface area contributed by atoms with E-state index < -0.39 is 5.91 Å². The quantitative estimate of drug-likeness (QED) is 0.759. The Bertz CT molecular complexity index is 284. The van der Waals surface area contributed by atoms with Gasteiger partial charge in [-0.25, -0.2) is 4.39 Å². The largest absolute Gasteiger partial charge is 0.493 e. The van der Waals surface area contributed by atoms with Crippen LogP contribution in [0.2, 0.25) is 0 Å². The van der Waals surface area contributed by atoms with E-state index in [4.69, 9.17) is 10.5 Å². The van der Waals surface area contributed by atoms with Gasteiger partial charge >= 0.3 is 0 Å². The molecule has 4 heteroatoms. The molecule has 0 radical (unpaired) electrons. The summed E-state index contributed by atoms with van der Waals surface area (Å²) in [5.41, 5.74) is 4.90.